The summed E-state index contributed by atoms with van der Waals surface area (Å²) in [6.45, 7) is 3.89. The first-order valence-electron chi connectivity index (χ1n) is 9.55. The van der Waals surface area contributed by atoms with Crippen molar-refractivity contribution in [1.29, 1.82) is 5.41 Å². The van der Waals surface area contributed by atoms with Crippen LogP contribution in [0.25, 0.3) is 0 Å². The van der Waals surface area contributed by atoms with Gasteiger partial charge in [-0.05, 0) is 44.6 Å². The van der Waals surface area contributed by atoms with E-state index in [0.29, 0.717) is 5.95 Å². The second kappa shape index (κ2) is 11.6. The zero-order valence-corrected chi connectivity index (χ0v) is 16.8. The molecular formula is C21H29N7. The summed E-state index contributed by atoms with van der Waals surface area (Å²) in [5.41, 5.74) is 3.34. The molecule has 7 nitrogen and oxygen atoms in total. The van der Waals surface area contributed by atoms with Gasteiger partial charge >= 0.3 is 0 Å². The molecule has 0 aliphatic rings. The lowest BCUT2D eigenvalue weighted by Gasteiger charge is -2.12. The van der Waals surface area contributed by atoms with Crippen molar-refractivity contribution < 1.29 is 0 Å². The number of unbranched alkanes of at least 4 members (excludes halogenated alkanes) is 1. The van der Waals surface area contributed by atoms with Crippen LogP contribution in [-0.2, 0) is 0 Å². The van der Waals surface area contributed by atoms with Crippen molar-refractivity contribution in [2.24, 2.45) is 0 Å². The van der Waals surface area contributed by atoms with Gasteiger partial charge in [-0.15, -0.1) is 0 Å². The van der Waals surface area contributed by atoms with E-state index in [-0.39, 0.29) is 0 Å². The van der Waals surface area contributed by atoms with Crippen LogP contribution in [0.1, 0.15) is 37.3 Å². The number of nitrogens with zero attached hydrogens (tertiary/aromatic N) is 2. The Bertz CT molecular complexity index is 836. The van der Waals surface area contributed by atoms with E-state index in [1.165, 1.54) is 6.21 Å². The quantitative estimate of drug-likeness (QED) is 0.246. The largest absolute Gasteiger partial charge is 0.388 e. The fourth-order valence-electron chi connectivity index (χ4n) is 2.53. The lowest BCUT2D eigenvalue weighted by Crippen LogP contribution is -2.08. The first-order chi connectivity index (χ1) is 13.7. The van der Waals surface area contributed by atoms with Gasteiger partial charge in [0.25, 0.3) is 0 Å². The number of hydrogen-bond acceptors (Lipinski definition) is 7. The molecule has 0 fully saturated rings. The summed E-state index contributed by atoms with van der Waals surface area (Å²) >= 11 is 0. The summed E-state index contributed by atoms with van der Waals surface area (Å²) in [4.78, 5) is 9.02. The van der Waals surface area contributed by atoms with Gasteiger partial charge in [-0.25, -0.2) is 4.98 Å². The van der Waals surface area contributed by atoms with Gasteiger partial charge in [-0.2, -0.15) is 4.98 Å². The van der Waals surface area contributed by atoms with Crippen molar-refractivity contribution in [1.82, 2.24) is 15.3 Å². The Kier molecular flexibility index (Phi) is 8.76. The van der Waals surface area contributed by atoms with Crippen LogP contribution in [0.2, 0.25) is 0 Å². The third kappa shape index (κ3) is 6.25. The van der Waals surface area contributed by atoms with Crippen molar-refractivity contribution in [2.45, 2.75) is 26.2 Å². The third-order valence-corrected chi connectivity index (χ3v) is 4.02. The molecule has 1 aromatic heterocycles. The molecule has 0 spiro atoms. The molecule has 7 heteroatoms. The molecule has 0 aliphatic heterocycles. The Morgan fingerprint density at radius 2 is 2.07 bits per heavy atom. The summed E-state index contributed by atoms with van der Waals surface area (Å²) in [6, 6.07) is 5.71. The number of benzene rings is 1. The Hall–Kier alpha value is -3.11. The second-order valence-corrected chi connectivity index (χ2v) is 6.21. The topological polar surface area (TPSA) is 97.8 Å². The van der Waals surface area contributed by atoms with Crippen LogP contribution in [0, 0.1) is 17.3 Å². The second-order valence-electron chi connectivity index (χ2n) is 6.21. The molecule has 0 radical (unpaired) electrons. The Labute approximate surface area is 167 Å². The highest BCUT2D eigenvalue weighted by atomic mass is 15.1. The molecular weight excluding hydrogens is 350 g/mol. The minimum Gasteiger partial charge on any atom is -0.388 e. The molecule has 28 heavy (non-hydrogen) atoms. The normalized spacial score (nSPS) is 9.96. The van der Waals surface area contributed by atoms with Crippen LogP contribution in [0.3, 0.4) is 0 Å². The fourth-order valence-corrected chi connectivity index (χ4v) is 2.53. The number of rotatable bonds is 10. The van der Waals surface area contributed by atoms with Crippen LogP contribution in [0.4, 0.5) is 23.1 Å². The molecule has 5 N–H and O–H groups in total. The Morgan fingerprint density at radius 3 is 2.79 bits per heavy atom. The van der Waals surface area contributed by atoms with E-state index in [4.69, 9.17) is 5.41 Å². The predicted octanol–water partition coefficient (Wildman–Crippen LogP) is 3.43. The molecule has 0 saturated carbocycles. The van der Waals surface area contributed by atoms with Gasteiger partial charge in [0, 0.05) is 43.2 Å². The summed E-state index contributed by atoms with van der Waals surface area (Å²) in [5, 5.41) is 20.2. The number of hydrogen-bond donors (Lipinski definition) is 5. The van der Waals surface area contributed by atoms with E-state index in [1.54, 1.807) is 6.20 Å². The summed E-state index contributed by atoms with van der Waals surface area (Å²) in [7, 11) is 3.78. The van der Waals surface area contributed by atoms with Gasteiger partial charge in [-0.3, -0.25) is 0 Å². The van der Waals surface area contributed by atoms with Gasteiger partial charge < -0.3 is 26.7 Å². The van der Waals surface area contributed by atoms with E-state index in [2.05, 4.69) is 50.0 Å². The molecule has 2 rings (SSSR count). The van der Waals surface area contributed by atoms with E-state index in [1.807, 2.05) is 32.3 Å². The van der Waals surface area contributed by atoms with Gasteiger partial charge in [0.15, 0.2) is 0 Å². The van der Waals surface area contributed by atoms with Gasteiger partial charge in [-0.1, -0.05) is 18.8 Å². The van der Waals surface area contributed by atoms with Gasteiger partial charge in [0.05, 0.1) is 11.8 Å². The zero-order chi connectivity index (χ0) is 20.2. The number of aromatic nitrogens is 2. The molecule has 1 aromatic carbocycles. The lowest BCUT2D eigenvalue weighted by molar-refractivity contribution is 0.742. The maximum atomic E-state index is 7.45. The first kappa shape index (κ1) is 21.2. The van der Waals surface area contributed by atoms with Crippen molar-refractivity contribution in [3.05, 3.63) is 35.5 Å². The highest BCUT2D eigenvalue weighted by molar-refractivity contribution is 5.87. The van der Waals surface area contributed by atoms with E-state index >= 15 is 0 Å². The summed E-state index contributed by atoms with van der Waals surface area (Å²) in [5.74, 6) is 7.61. The van der Waals surface area contributed by atoms with Gasteiger partial charge in [0.1, 0.15) is 5.82 Å². The van der Waals surface area contributed by atoms with Crippen LogP contribution in [0.15, 0.2) is 24.4 Å². The average Bonchev–Trinajstić information content (AvgIpc) is 2.73. The predicted molar refractivity (Wildman–Crippen MR) is 118 cm³/mol. The molecule has 0 unspecified atom stereocenters. The monoisotopic (exact) mass is 379 g/mol. The van der Waals surface area contributed by atoms with Crippen LogP contribution in [-0.4, -0.2) is 43.4 Å². The molecule has 1 heterocycles. The van der Waals surface area contributed by atoms with Crippen LogP contribution < -0.4 is 21.3 Å². The van der Waals surface area contributed by atoms with E-state index in [9.17, 15) is 0 Å². The Balaban J connectivity index is 2.20. The SMILES string of the molecule is CCCNc1nc(Nc2ccc(C=N)c(NC)c2)ncc1C#CCCCNC. The minimum atomic E-state index is 0.504. The molecule has 0 saturated heterocycles. The standard InChI is InChI=1S/C21H29N7/c1-4-11-25-20-17(8-6-5-7-12-23-2)15-26-21(28-20)27-18-10-9-16(14-22)19(13-18)24-3/h9-10,13-15,22-24H,4-5,7,11-12H2,1-3H3,(H2,25,26,27,28). The molecule has 2 aromatic rings. The van der Waals surface area contributed by atoms with E-state index in [0.717, 1.165) is 60.7 Å². The Morgan fingerprint density at radius 1 is 1.21 bits per heavy atom. The smallest absolute Gasteiger partial charge is 0.229 e. The van der Waals surface area contributed by atoms with Crippen molar-refractivity contribution in [3.63, 3.8) is 0 Å². The summed E-state index contributed by atoms with van der Waals surface area (Å²) < 4.78 is 0. The lowest BCUT2D eigenvalue weighted by atomic mass is 10.1. The molecule has 0 bridgehead atoms. The highest BCUT2D eigenvalue weighted by Crippen LogP contribution is 2.22. The molecule has 148 valence electrons. The highest BCUT2D eigenvalue weighted by Gasteiger charge is 2.07. The molecule has 0 aliphatic carbocycles. The van der Waals surface area contributed by atoms with Crippen molar-refractivity contribution in [2.75, 3.05) is 43.1 Å². The summed E-state index contributed by atoms with van der Waals surface area (Å²) in [6.07, 6.45) is 5.92. The maximum absolute atomic E-state index is 7.45. The first-order valence-corrected chi connectivity index (χ1v) is 9.55. The maximum Gasteiger partial charge on any atom is 0.229 e. The average molecular weight is 380 g/mol. The molecule has 0 atom stereocenters. The number of nitrogens with one attached hydrogen (secondary N) is 5. The number of anilines is 4. The van der Waals surface area contributed by atoms with Crippen LogP contribution >= 0.6 is 0 Å². The van der Waals surface area contributed by atoms with Crippen molar-refractivity contribution in [3.8, 4) is 11.8 Å². The van der Waals surface area contributed by atoms with Crippen LogP contribution in [0.5, 0.6) is 0 Å². The molecule has 0 amide bonds. The van der Waals surface area contributed by atoms with E-state index < -0.39 is 0 Å². The third-order valence-electron chi connectivity index (χ3n) is 4.02. The minimum absolute atomic E-state index is 0.504. The van der Waals surface area contributed by atoms with Gasteiger partial charge in [0.2, 0.25) is 5.95 Å². The van der Waals surface area contributed by atoms with Crippen molar-refractivity contribution >= 4 is 29.4 Å². The zero-order valence-electron chi connectivity index (χ0n) is 16.8. The fraction of sp³-hybridized carbons (Fsp3) is 0.381.